The molecule has 0 aliphatic heterocycles. The first-order chi connectivity index (χ1) is 9.01. The SMILES string of the molecule is CNC(Cc1cc(Cl)ccc1F)c1cc(Br)sc1Br. The van der Waals surface area contributed by atoms with Gasteiger partial charge in [0, 0.05) is 11.1 Å². The molecule has 0 fully saturated rings. The Kier molecular flexibility index (Phi) is 5.43. The Hall–Kier alpha value is 0.0600. The molecule has 0 saturated heterocycles. The fourth-order valence-corrected chi connectivity index (χ4v) is 5.05. The van der Waals surface area contributed by atoms with Gasteiger partial charge in [-0.2, -0.15) is 0 Å². The Morgan fingerprint density at radius 2 is 2.11 bits per heavy atom. The molecule has 6 heteroatoms. The van der Waals surface area contributed by atoms with Crippen molar-refractivity contribution in [3.8, 4) is 0 Å². The molecule has 19 heavy (non-hydrogen) atoms. The van der Waals surface area contributed by atoms with Gasteiger partial charge in [-0.3, -0.25) is 0 Å². The summed E-state index contributed by atoms with van der Waals surface area (Å²) in [5, 5.41) is 3.77. The summed E-state index contributed by atoms with van der Waals surface area (Å²) in [6.45, 7) is 0. The lowest BCUT2D eigenvalue weighted by Crippen LogP contribution is -2.19. The van der Waals surface area contributed by atoms with E-state index in [-0.39, 0.29) is 11.9 Å². The number of halogens is 4. The van der Waals surface area contributed by atoms with Crippen LogP contribution in [0.25, 0.3) is 0 Å². The normalized spacial score (nSPS) is 12.7. The minimum atomic E-state index is -0.227. The molecule has 2 aromatic rings. The van der Waals surface area contributed by atoms with Crippen molar-refractivity contribution in [2.75, 3.05) is 7.05 Å². The zero-order valence-corrected chi connectivity index (χ0v) is 14.8. The van der Waals surface area contributed by atoms with Crippen molar-refractivity contribution in [3.63, 3.8) is 0 Å². The van der Waals surface area contributed by atoms with Gasteiger partial charge in [-0.15, -0.1) is 11.3 Å². The smallest absolute Gasteiger partial charge is 0.126 e. The molecule has 0 aliphatic rings. The molecule has 0 aliphatic carbocycles. The Balaban J connectivity index is 2.29. The lowest BCUT2D eigenvalue weighted by atomic mass is 10.0. The lowest BCUT2D eigenvalue weighted by Gasteiger charge is -2.16. The molecule has 102 valence electrons. The molecule has 0 spiro atoms. The highest BCUT2D eigenvalue weighted by molar-refractivity contribution is 9.12. The second-order valence-corrected chi connectivity index (χ2v) is 8.25. The van der Waals surface area contributed by atoms with Crippen LogP contribution in [0.1, 0.15) is 17.2 Å². The Morgan fingerprint density at radius 3 is 2.68 bits per heavy atom. The maximum Gasteiger partial charge on any atom is 0.126 e. The summed E-state index contributed by atoms with van der Waals surface area (Å²) in [6, 6.07) is 6.72. The number of benzene rings is 1. The van der Waals surface area contributed by atoms with Crippen LogP contribution in [0.2, 0.25) is 5.02 Å². The third kappa shape index (κ3) is 3.79. The molecule has 2 rings (SSSR count). The van der Waals surface area contributed by atoms with Gasteiger partial charge in [-0.05, 0) is 80.7 Å². The van der Waals surface area contributed by atoms with Gasteiger partial charge in [0.2, 0.25) is 0 Å². The van der Waals surface area contributed by atoms with Crippen molar-refractivity contribution < 1.29 is 4.39 Å². The molecule has 1 unspecified atom stereocenters. The first kappa shape index (κ1) is 15.4. The zero-order valence-electron chi connectivity index (χ0n) is 10.0. The fraction of sp³-hybridized carbons (Fsp3) is 0.231. The molecule has 0 bridgehead atoms. The van der Waals surface area contributed by atoms with Gasteiger partial charge in [0.25, 0.3) is 0 Å². The number of rotatable bonds is 4. The van der Waals surface area contributed by atoms with E-state index in [1.165, 1.54) is 6.07 Å². The van der Waals surface area contributed by atoms with E-state index in [4.69, 9.17) is 11.6 Å². The van der Waals surface area contributed by atoms with Crippen LogP contribution in [0.3, 0.4) is 0 Å². The number of likely N-dealkylation sites (N-methyl/N-ethyl adjacent to an activating group) is 1. The Labute approximate surface area is 137 Å². The fourth-order valence-electron chi connectivity index (χ4n) is 1.88. The van der Waals surface area contributed by atoms with Gasteiger partial charge in [0.1, 0.15) is 5.82 Å². The third-order valence-corrected chi connectivity index (χ3v) is 5.46. The van der Waals surface area contributed by atoms with Crippen LogP contribution in [0.5, 0.6) is 0 Å². The predicted octanol–water partition coefficient (Wildman–Crippen LogP) is 5.57. The van der Waals surface area contributed by atoms with Gasteiger partial charge in [-0.25, -0.2) is 4.39 Å². The van der Waals surface area contributed by atoms with Crippen LogP contribution < -0.4 is 5.32 Å². The molecular weight excluding hydrogens is 416 g/mol. The van der Waals surface area contributed by atoms with Crippen molar-refractivity contribution in [3.05, 3.63) is 53.8 Å². The third-order valence-electron chi connectivity index (χ3n) is 2.84. The monoisotopic (exact) mass is 425 g/mol. The first-order valence-corrected chi connectivity index (χ1v) is 8.35. The number of thiophene rings is 1. The highest BCUT2D eigenvalue weighted by Gasteiger charge is 2.18. The molecule has 1 N–H and O–H groups in total. The number of hydrogen-bond acceptors (Lipinski definition) is 2. The molecule has 1 aromatic heterocycles. The van der Waals surface area contributed by atoms with Crippen LogP contribution in [0.15, 0.2) is 31.8 Å². The molecule has 0 amide bonds. The second kappa shape index (κ2) is 6.68. The molecular formula is C13H11Br2ClFNS. The number of nitrogens with one attached hydrogen (secondary N) is 1. The minimum Gasteiger partial charge on any atom is -0.313 e. The molecule has 1 heterocycles. The first-order valence-electron chi connectivity index (χ1n) is 5.57. The van der Waals surface area contributed by atoms with Crippen LogP contribution in [0, 0.1) is 5.82 Å². The van der Waals surface area contributed by atoms with Gasteiger partial charge in [0.05, 0.1) is 7.57 Å². The van der Waals surface area contributed by atoms with Crippen molar-refractivity contribution in [1.82, 2.24) is 5.32 Å². The van der Waals surface area contributed by atoms with Gasteiger partial charge >= 0.3 is 0 Å². The van der Waals surface area contributed by atoms with Gasteiger partial charge < -0.3 is 5.32 Å². The van der Waals surface area contributed by atoms with Crippen molar-refractivity contribution in [2.45, 2.75) is 12.5 Å². The van der Waals surface area contributed by atoms with Crippen LogP contribution >= 0.6 is 54.8 Å². The van der Waals surface area contributed by atoms with E-state index < -0.39 is 0 Å². The predicted molar refractivity (Wildman–Crippen MR) is 86.6 cm³/mol. The summed E-state index contributed by atoms with van der Waals surface area (Å²) in [5.74, 6) is -0.227. The molecule has 1 atom stereocenters. The largest absolute Gasteiger partial charge is 0.313 e. The highest BCUT2D eigenvalue weighted by atomic mass is 79.9. The molecule has 1 aromatic carbocycles. The Bertz CT molecular complexity index is 588. The maximum absolute atomic E-state index is 13.8. The van der Waals surface area contributed by atoms with E-state index in [0.717, 1.165) is 13.1 Å². The average Bonchev–Trinajstić information content (AvgIpc) is 2.69. The second-order valence-electron chi connectivity index (χ2n) is 4.06. The highest BCUT2D eigenvalue weighted by Crippen LogP contribution is 2.36. The van der Waals surface area contributed by atoms with Crippen molar-refractivity contribution >= 4 is 54.8 Å². The van der Waals surface area contributed by atoms with E-state index >= 15 is 0 Å². The summed E-state index contributed by atoms with van der Waals surface area (Å²) in [4.78, 5) is 0. The van der Waals surface area contributed by atoms with E-state index in [9.17, 15) is 4.39 Å². The maximum atomic E-state index is 13.8. The topological polar surface area (TPSA) is 12.0 Å². The van der Waals surface area contributed by atoms with Gasteiger partial charge in [0.15, 0.2) is 0 Å². The van der Waals surface area contributed by atoms with E-state index in [2.05, 4.69) is 37.2 Å². The van der Waals surface area contributed by atoms with Gasteiger partial charge in [-0.1, -0.05) is 11.6 Å². The minimum absolute atomic E-state index is 0.0323. The summed E-state index contributed by atoms with van der Waals surface area (Å²) in [5.41, 5.74) is 1.72. The summed E-state index contributed by atoms with van der Waals surface area (Å²) < 4.78 is 15.9. The average molecular weight is 428 g/mol. The Morgan fingerprint density at radius 1 is 1.37 bits per heavy atom. The summed E-state index contributed by atoms with van der Waals surface area (Å²) in [7, 11) is 1.87. The van der Waals surface area contributed by atoms with Crippen molar-refractivity contribution in [2.24, 2.45) is 0 Å². The number of hydrogen-bond donors (Lipinski definition) is 1. The van der Waals surface area contributed by atoms with Crippen LogP contribution in [-0.4, -0.2) is 7.05 Å². The van der Waals surface area contributed by atoms with E-state index in [1.54, 1.807) is 23.5 Å². The summed E-state index contributed by atoms with van der Waals surface area (Å²) in [6.07, 6.45) is 0.546. The van der Waals surface area contributed by atoms with Crippen molar-refractivity contribution in [1.29, 1.82) is 0 Å². The van der Waals surface area contributed by atoms with E-state index in [0.29, 0.717) is 17.0 Å². The van der Waals surface area contributed by atoms with E-state index in [1.807, 2.05) is 13.1 Å². The quantitative estimate of drug-likeness (QED) is 0.673. The standard InChI is InChI=1S/C13H11Br2ClFNS/c1-18-11(9-6-12(14)19-13(9)15)5-7-4-8(16)2-3-10(7)17/h2-4,6,11,18H,5H2,1H3. The summed E-state index contributed by atoms with van der Waals surface area (Å²) >= 11 is 14.5. The van der Waals surface area contributed by atoms with Crippen LogP contribution in [-0.2, 0) is 6.42 Å². The van der Waals surface area contributed by atoms with Crippen LogP contribution in [0.4, 0.5) is 4.39 Å². The molecule has 0 saturated carbocycles. The lowest BCUT2D eigenvalue weighted by molar-refractivity contribution is 0.554. The molecule has 0 radical (unpaired) electrons. The zero-order chi connectivity index (χ0) is 14.0. The molecule has 1 nitrogen and oxygen atoms in total.